The molecule has 0 fully saturated rings. The van der Waals surface area contributed by atoms with Crippen molar-refractivity contribution in [3.8, 4) is 6.07 Å². The Morgan fingerprint density at radius 2 is 1.52 bits per heavy atom. The van der Waals surface area contributed by atoms with Crippen molar-refractivity contribution in [3.05, 3.63) is 71.3 Å². The number of carbonyl (C=O) groups excluding carboxylic acids is 1. The van der Waals surface area contributed by atoms with Crippen molar-refractivity contribution in [2.45, 2.75) is 13.1 Å². The summed E-state index contributed by atoms with van der Waals surface area (Å²) in [5, 5.41) is 8.43. The zero-order valence-electron chi connectivity index (χ0n) is 11.2. The molecule has 5 heteroatoms. The van der Waals surface area contributed by atoms with E-state index in [0.29, 0.717) is 11.1 Å². The zero-order valence-corrected chi connectivity index (χ0v) is 11.2. The highest BCUT2D eigenvalue weighted by molar-refractivity contribution is 5.94. The summed E-state index contributed by atoms with van der Waals surface area (Å²) in [5.74, 6) is 0.0227. The van der Waals surface area contributed by atoms with Crippen molar-refractivity contribution in [1.29, 1.82) is 5.26 Å². The molecule has 2 nitrogen and oxygen atoms in total. The molecule has 2 rings (SSSR count). The van der Waals surface area contributed by atoms with Crippen LogP contribution >= 0.6 is 0 Å². The van der Waals surface area contributed by atoms with E-state index in [0.717, 1.165) is 12.1 Å². The summed E-state index contributed by atoms with van der Waals surface area (Å²) in [4.78, 5) is 10.8. The number of Topliss-reactive ketones (excluding diaryl/α,β-unsaturated/α-hetero) is 1. The fourth-order valence-electron chi connectivity index (χ4n) is 1.41. The number of hydrogen-bond donors (Lipinski definition) is 0. The Labute approximate surface area is 120 Å². The minimum absolute atomic E-state index is 0.0227. The molecule has 108 valence electrons. The van der Waals surface area contributed by atoms with Crippen LogP contribution in [0.1, 0.15) is 28.4 Å². The molecule has 0 radical (unpaired) electrons. The third-order valence-corrected chi connectivity index (χ3v) is 2.52. The number of nitriles is 1. The summed E-state index contributed by atoms with van der Waals surface area (Å²) in [6.07, 6.45) is -4.21. The quantitative estimate of drug-likeness (QED) is 0.727. The topological polar surface area (TPSA) is 40.9 Å². The molecule has 0 aliphatic carbocycles. The number of nitrogens with zero attached hydrogens (tertiary/aromatic N) is 1. The van der Waals surface area contributed by atoms with Gasteiger partial charge in [0.1, 0.15) is 0 Å². The normalized spacial score (nSPS) is 10.0. The van der Waals surface area contributed by atoms with Crippen molar-refractivity contribution in [3.63, 3.8) is 0 Å². The fraction of sp³-hybridized carbons (Fsp3) is 0.125. The van der Waals surface area contributed by atoms with Crippen molar-refractivity contribution in [1.82, 2.24) is 0 Å². The molecule has 0 saturated carbocycles. The second-order valence-electron chi connectivity index (χ2n) is 4.11. The first-order chi connectivity index (χ1) is 9.84. The number of rotatable bonds is 1. The Morgan fingerprint density at radius 3 is 1.86 bits per heavy atom. The average molecular weight is 291 g/mol. The van der Waals surface area contributed by atoms with E-state index in [-0.39, 0.29) is 5.78 Å². The van der Waals surface area contributed by atoms with Crippen LogP contribution in [0.4, 0.5) is 13.2 Å². The predicted octanol–water partition coefficient (Wildman–Crippen LogP) is 4.47. The number of alkyl halides is 3. The third-order valence-electron chi connectivity index (χ3n) is 2.52. The van der Waals surface area contributed by atoms with Crippen LogP contribution < -0.4 is 0 Å². The van der Waals surface area contributed by atoms with Crippen molar-refractivity contribution >= 4 is 5.78 Å². The van der Waals surface area contributed by atoms with Crippen molar-refractivity contribution < 1.29 is 18.0 Å². The summed E-state index contributed by atoms with van der Waals surface area (Å²) in [6, 6.07) is 14.9. The van der Waals surface area contributed by atoms with Crippen LogP contribution in [0.5, 0.6) is 0 Å². The van der Waals surface area contributed by atoms with E-state index in [2.05, 4.69) is 0 Å². The number of benzene rings is 2. The van der Waals surface area contributed by atoms with Gasteiger partial charge in [0.05, 0.1) is 17.2 Å². The number of carbonyl (C=O) groups is 1. The van der Waals surface area contributed by atoms with Gasteiger partial charge in [-0.3, -0.25) is 4.79 Å². The molecule has 21 heavy (non-hydrogen) atoms. The lowest BCUT2D eigenvalue weighted by Gasteiger charge is -2.03. The molecule has 0 aliphatic rings. The number of hydrogen-bond acceptors (Lipinski definition) is 2. The van der Waals surface area contributed by atoms with Crippen LogP contribution in [0.3, 0.4) is 0 Å². The molecular weight excluding hydrogens is 279 g/mol. The fourth-order valence-corrected chi connectivity index (χ4v) is 1.41. The molecule has 0 aliphatic heterocycles. The molecule has 0 unspecified atom stereocenters. The van der Waals surface area contributed by atoms with Crippen molar-refractivity contribution in [2.24, 2.45) is 0 Å². The molecule has 0 bridgehead atoms. The Balaban J connectivity index is 0.000000211. The first-order valence-electron chi connectivity index (χ1n) is 5.98. The Bertz CT molecular complexity index is 625. The summed E-state index contributed by atoms with van der Waals surface area (Å²) >= 11 is 0. The maximum Gasteiger partial charge on any atom is 0.416 e. The molecule has 0 saturated heterocycles. The lowest BCUT2D eigenvalue weighted by atomic mass is 10.1. The molecule has 0 heterocycles. The standard InChI is InChI=1S/C9H7NO.C7H5F3/c1-7(11)9-4-2-8(6-10)3-5-9;8-7(9,10)6-4-2-1-3-5-6/h2-5H,1H3;1-5H. The molecule has 0 N–H and O–H groups in total. The first kappa shape index (κ1) is 16.4. The summed E-state index contributed by atoms with van der Waals surface area (Å²) in [6.45, 7) is 1.50. The molecule has 0 spiro atoms. The highest BCUT2D eigenvalue weighted by atomic mass is 19.4. The minimum Gasteiger partial charge on any atom is -0.295 e. The molecule has 0 atom stereocenters. The molecule has 2 aromatic rings. The van der Waals surface area contributed by atoms with Gasteiger partial charge in [-0.05, 0) is 19.1 Å². The summed E-state index contributed by atoms with van der Waals surface area (Å²) in [7, 11) is 0. The Hall–Kier alpha value is -2.61. The summed E-state index contributed by atoms with van der Waals surface area (Å²) < 4.78 is 35.4. The van der Waals surface area contributed by atoms with Gasteiger partial charge >= 0.3 is 6.18 Å². The van der Waals surface area contributed by atoms with Crippen molar-refractivity contribution in [2.75, 3.05) is 0 Å². The van der Waals surface area contributed by atoms with Gasteiger partial charge in [-0.15, -0.1) is 0 Å². The summed E-state index contributed by atoms with van der Waals surface area (Å²) in [5.41, 5.74) is 0.619. The maximum atomic E-state index is 11.8. The van der Waals surface area contributed by atoms with Crippen LogP contribution in [0.2, 0.25) is 0 Å². The van der Waals surface area contributed by atoms with Gasteiger partial charge in [0, 0.05) is 5.56 Å². The molecular formula is C16H12F3NO. The highest BCUT2D eigenvalue weighted by Crippen LogP contribution is 2.28. The van der Waals surface area contributed by atoms with E-state index in [1.807, 2.05) is 6.07 Å². The monoisotopic (exact) mass is 291 g/mol. The molecule has 0 aromatic heterocycles. The van der Waals surface area contributed by atoms with Crippen LogP contribution in [0.15, 0.2) is 54.6 Å². The van der Waals surface area contributed by atoms with E-state index >= 15 is 0 Å². The van der Waals surface area contributed by atoms with Gasteiger partial charge in [0.25, 0.3) is 0 Å². The van der Waals surface area contributed by atoms with E-state index in [1.54, 1.807) is 30.3 Å². The van der Waals surface area contributed by atoms with E-state index in [9.17, 15) is 18.0 Å². The first-order valence-corrected chi connectivity index (χ1v) is 5.98. The van der Waals surface area contributed by atoms with Crippen LogP contribution in [0.25, 0.3) is 0 Å². The molecule has 2 aromatic carbocycles. The number of halogens is 3. The molecule has 0 amide bonds. The third kappa shape index (κ3) is 5.49. The van der Waals surface area contributed by atoms with Gasteiger partial charge in [-0.25, -0.2) is 0 Å². The number of ketones is 1. The van der Waals surface area contributed by atoms with Gasteiger partial charge in [-0.1, -0.05) is 42.5 Å². The van der Waals surface area contributed by atoms with E-state index in [1.165, 1.54) is 19.1 Å². The second kappa shape index (κ2) is 7.25. The predicted molar refractivity (Wildman–Crippen MR) is 72.6 cm³/mol. The largest absolute Gasteiger partial charge is 0.416 e. The smallest absolute Gasteiger partial charge is 0.295 e. The van der Waals surface area contributed by atoms with Gasteiger partial charge in [0.2, 0.25) is 0 Å². The zero-order chi connectivity index (χ0) is 15.9. The SMILES string of the molecule is CC(=O)c1ccc(C#N)cc1.FC(F)(F)c1ccccc1. The lowest BCUT2D eigenvalue weighted by Crippen LogP contribution is -2.03. The van der Waals surface area contributed by atoms with Crippen LogP contribution in [-0.2, 0) is 6.18 Å². The van der Waals surface area contributed by atoms with Gasteiger partial charge in [-0.2, -0.15) is 18.4 Å². The van der Waals surface area contributed by atoms with E-state index < -0.39 is 11.7 Å². The highest BCUT2D eigenvalue weighted by Gasteiger charge is 2.29. The van der Waals surface area contributed by atoms with E-state index in [4.69, 9.17) is 5.26 Å². The lowest BCUT2D eigenvalue weighted by molar-refractivity contribution is -0.137. The maximum absolute atomic E-state index is 11.8. The van der Waals surface area contributed by atoms with Crippen LogP contribution in [-0.4, -0.2) is 5.78 Å². The average Bonchev–Trinajstić information content (AvgIpc) is 2.48. The van der Waals surface area contributed by atoms with Crippen LogP contribution in [0, 0.1) is 11.3 Å². The Morgan fingerprint density at radius 1 is 1.00 bits per heavy atom. The van der Waals surface area contributed by atoms with Gasteiger partial charge in [0.15, 0.2) is 5.78 Å². The second-order valence-corrected chi connectivity index (χ2v) is 4.11. The Kier molecular flexibility index (Phi) is 5.67. The minimum atomic E-state index is -4.21. The van der Waals surface area contributed by atoms with Gasteiger partial charge < -0.3 is 0 Å².